The minimum Gasteiger partial charge on any atom is -0.444 e. The molecule has 31 heavy (non-hydrogen) atoms. The summed E-state index contributed by atoms with van der Waals surface area (Å²) in [6, 6.07) is 16.6. The number of nitrogens with zero attached hydrogens (tertiary/aromatic N) is 1. The molecule has 2 saturated heterocycles. The SMILES string of the molecule is O=C(O[C@H](C(=O)N1CCOCC1)c1ccccc1)c1ccc(C[NH+]2CCOCC2)cc1. The van der Waals surface area contributed by atoms with Gasteiger partial charge in [0.05, 0.1) is 32.0 Å². The van der Waals surface area contributed by atoms with Gasteiger partial charge in [-0.1, -0.05) is 42.5 Å². The van der Waals surface area contributed by atoms with Crippen molar-refractivity contribution in [1.82, 2.24) is 4.90 Å². The monoisotopic (exact) mass is 425 g/mol. The van der Waals surface area contributed by atoms with Crippen LogP contribution in [-0.2, 0) is 25.5 Å². The van der Waals surface area contributed by atoms with Crippen molar-refractivity contribution < 1.29 is 28.7 Å². The molecule has 1 N–H and O–H groups in total. The number of carbonyl (C=O) groups is 2. The van der Waals surface area contributed by atoms with Crippen LogP contribution < -0.4 is 4.90 Å². The molecule has 0 aromatic heterocycles. The second-order valence-corrected chi connectivity index (χ2v) is 7.87. The summed E-state index contributed by atoms with van der Waals surface area (Å²) in [4.78, 5) is 29.2. The van der Waals surface area contributed by atoms with Crippen molar-refractivity contribution in [3.63, 3.8) is 0 Å². The standard InChI is InChI=1S/C24H28N2O5/c27-23(26-12-16-30-17-13-26)22(20-4-2-1-3-5-20)31-24(28)21-8-6-19(7-9-21)18-25-10-14-29-15-11-25/h1-9,22H,10-18H2/p+1/t22-/m0/s1. The number of carbonyl (C=O) groups excluding carboxylic acids is 2. The van der Waals surface area contributed by atoms with Gasteiger partial charge in [-0.2, -0.15) is 0 Å². The van der Waals surface area contributed by atoms with E-state index in [2.05, 4.69) is 0 Å². The highest BCUT2D eigenvalue weighted by atomic mass is 16.5. The summed E-state index contributed by atoms with van der Waals surface area (Å²) in [5.41, 5.74) is 2.27. The second-order valence-electron chi connectivity index (χ2n) is 7.87. The van der Waals surface area contributed by atoms with Gasteiger partial charge in [0.25, 0.3) is 5.91 Å². The summed E-state index contributed by atoms with van der Waals surface area (Å²) in [5, 5.41) is 0. The molecule has 0 radical (unpaired) electrons. The van der Waals surface area contributed by atoms with E-state index in [-0.39, 0.29) is 5.91 Å². The summed E-state index contributed by atoms with van der Waals surface area (Å²) in [5.74, 6) is -0.712. The summed E-state index contributed by atoms with van der Waals surface area (Å²) < 4.78 is 16.5. The number of ether oxygens (including phenoxy) is 3. The van der Waals surface area contributed by atoms with E-state index in [9.17, 15) is 9.59 Å². The van der Waals surface area contributed by atoms with Crippen LogP contribution in [0.15, 0.2) is 54.6 Å². The van der Waals surface area contributed by atoms with E-state index < -0.39 is 12.1 Å². The van der Waals surface area contributed by atoms with Gasteiger partial charge >= 0.3 is 5.97 Å². The number of hydrogen-bond acceptors (Lipinski definition) is 5. The lowest BCUT2D eigenvalue weighted by Gasteiger charge is -2.30. The highest BCUT2D eigenvalue weighted by molar-refractivity contribution is 5.92. The highest BCUT2D eigenvalue weighted by Crippen LogP contribution is 2.23. The Balaban J connectivity index is 1.44. The highest BCUT2D eigenvalue weighted by Gasteiger charge is 2.30. The molecule has 2 fully saturated rings. The third-order valence-electron chi connectivity index (χ3n) is 5.72. The summed E-state index contributed by atoms with van der Waals surface area (Å²) in [7, 11) is 0. The molecule has 2 aliphatic heterocycles. The number of amides is 1. The van der Waals surface area contributed by atoms with Gasteiger partial charge < -0.3 is 24.0 Å². The number of quaternary nitrogens is 1. The lowest BCUT2D eigenvalue weighted by Crippen LogP contribution is -3.12. The first-order chi connectivity index (χ1) is 15.2. The van der Waals surface area contributed by atoms with Crippen LogP contribution in [0.1, 0.15) is 27.6 Å². The molecular formula is C24H29N2O5+. The maximum absolute atomic E-state index is 13.1. The van der Waals surface area contributed by atoms with Crippen LogP contribution in [0.4, 0.5) is 0 Å². The van der Waals surface area contributed by atoms with E-state index >= 15 is 0 Å². The van der Waals surface area contributed by atoms with Crippen molar-refractivity contribution >= 4 is 11.9 Å². The fourth-order valence-corrected chi connectivity index (χ4v) is 3.90. The van der Waals surface area contributed by atoms with Gasteiger partial charge in [0, 0.05) is 24.2 Å². The van der Waals surface area contributed by atoms with E-state index in [1.54, 1.807) is 17.0 Å². The minimum absolute atomic E-state index is 0.213. The van der Waals surface area contributed by atoms with Gasteiger partial charge in [0.2, 0.25) is 6.10 Å². The molecule has 0 aliphatic carbocycles. The second kappa shape index (κ2) is 10.5. The number of esters is 1. The zero-order valence-electron chi connectivity index (χ0n) is 17.6. The lowest BCUT2D eigenvalue weighted by atomic mass is 10.1. The maximum atomic E-state index is 13.1. The Morgan fingerprint density at radius 3 is 2.23 bits per heavy atom. The first kappa shape index (κ1) is 21.5. The Bertz CT molecular complexity index is 859. The van der Waals surface area contributed by atoms with Crippen molar-refractivity contribution in [2.24, 2.45) is 0 Å². The Morgan fingerprint density at radius 2 is 1.55 bits per heavy atom. The molecule has 0 saturated carbocycles. The van der Waals surface area contributed by atoms with Crippen molar-refractivity contribution in [3.05, 3.63) is 71.3 Å². The third-order valence-corrected chi connectivity index (χ3v) is 5.72. The molecule has 1 atom stereocenters. The number of morpholine rings is 2. The molecule has 7 nitrogen and oxygen atoms in total. The van der Waals surface area contributed by atoms with Crippen molar-refractivity contribution in [3.8, 4) is 0 Å². The van der Waals surface area contributed by atoms with Gasteiger partial charge in [-0.3, -0.25) is 4.79 Å². The molecule has 0 spiro atoms. The maximum Gasteiger partial charge on any atom is 0.339 e. The van der Waals surface area contributed by atoms with Gasteiger partial charge in [-0.15, -0.1) is 0 Å². The topological polar surface area (TPSA) is 69.5 Å². The van der Waals surface area contributed by atoms with Gasteiger partial charge in [-0.25, -0.2) is 4.79 Å². The average Bonchev–Trinajstić information content (AvgIpc) is 2.84. The normalized spacial score (nSPS) is 18.4. The zero-order chi connectivity index (χ0) is 21.5. The van der Waals surface area contributed by atoms with Crippen molar-refractivity contribution in [2.75, 3.05) is 52.6 Å². The summed E-state index contributed by atoms with van der Waals surface area (Å²) in [6.07, 6.45) is -0.968. The van der Waals surface area contributed by atoms with Crippen LogP contribution in [0.5, 0.6) is 0 Å². The third kappa shape index (κ3) is 5.70. The van der Waals surface area contributed by atoms with Crippen LogP contribution in [0.2, 0.25) is 0 Å². The van der Waals surface area contributed by atoms with Crippen LogP contribution in [0.3, 0.4) is 0 Å². The first-order valence-corrected chi connectivity index (χ1v) is 10.8. The largest absolute Gasteiger partial charge is 0.444 e. The van der Waals surface area contributed by atoms with E-state index in [0.29, 0.717) is 37.4 Å². The van der Waals surface area contributed by atoms with Gasteiger partial charge in [0.15, 0.2) is 0 Å². The summed E-state index contributed by atoms with van der Waals surface area (Å²) >= 11 is 0. The number of nitrogens with one attached hydrogen (secondary N) is 1. The molecule has 1 amide bonds. The predicted molar refractivity (Wildman–Crippen MR) is 114 cm³/mol. The molecule has 7 heteroatoms. The zero-order valence-corrected chi connectivity index (χ0v) is 17.6. The average molecular weight is 426 g/mol. The smallest absolute Gasteiger partial charge is 0.339 e. The van der Waals surface area contributed by atoms with Crippen LogP contribution in [-0.4, -0.2) is 69.4 Å². The first-order valence-electron chi connectivity index (χ1n) is 10.8. The predicted octanol–water partition coefficient (Wildman–Crippen LogP) is 0.859. The van der Waals surface area contributed by atoms with Crippen LogP contribution >= 0.6 is 0 Å². The number of hydrogen-bond donors (Lipinski definition) is 1. The number of rotatable bonds is 6. The van der Waals surface area contributed by atoms with E-state index in [1.165, 1.54) is 4.90 Å². The van der Waals surface area contributed by atoms with Crippen LogP contribution in [0, 0.1) is 0 Å². The Kier molecular flexibility index (Phi) is 7.30. The molecule has 2 heterocycles. The molecule has 2 aliphatic rings. The Labute approximate surface area is 182 Å². The molecule has 164 valence electrons. The molecule has 0 bridgehead atoms. The van der Waals surface area contributed by atoms with E-state index in [0.717, 1.165) is 38.4 Å². The number of benzene rings is 2. The fourth-order valence-electron chi connectivity index (χ4n) is 3.90. The van der Waals surface area contributed by atoms with Gasteiger partial charge in [-0.05, 0) is 12.1 Å². The Morgan fingerprint density at radius 1 is 0.903 bits per heavy atom. The molecule has 4 rings (SSSR count). The molecule has 0 unspecified atom stereocenters. The van der Waals surface area contributed by atoms with E-state index in [4.69, 9.17) is 14.2 Å². The Hall–Kier alpha value is -2.74. The van der Waals surface area contributed by atoms with Gasteiger partial charge in [0.1, 0.15) is 19.6 Å². The quantitative estimate of drug-likeness (QED) is 0.696. The molecular weight excluding hydrogens is 396 g/mol. The lowest BCUT2D eigenvalue weighted by molar-refractivity contribution is -0.921. The van der Waals surface area contributed by atoms with E-state index in [1.807, 2.05) is 42.5 Å². The van der Waals surface area contributed by atoms with Crippen molar-refractivity contribution in [2.45, 2.75) is 12.6 Å². The summed E-state index contributed by atoms with van der Waals surface area (Å²) in [6.45, 7) is 6.45. The molecule has 2 aromatic carbocycles. The molecule has 2 aromatic rings. The van der Waals surface area contributed by atoms with Crippen molar-refractivity contribution in [1.29, 1.82) is 0 Å². The van der Waals surface area contributed by atoms with Crippen LogP contribution in [0.25, 0.3) is 0 Å². The minimum atomic E-state index is -0.968. The fraction of sp³-hybridized carbons (Fsp3) is 0.417.